The Balaban J connectivity index is 2.23. The highest BCUT2D eigenvalue weighted by atomic mass is 19.4. The highest BCUT2D eigenvalue weighted by Gasteiger charge is 2.34. The number of anilines is 2. The van der Waals surface area contributed by atoms with Crippen LogP contribution in [0.1, 0.15) is 11.4 Å². The smallest absolute Gasteiger partial charge is 0.416 e. The number of hydrogen-bond donors (Lipinski definition) is 1. The number of amides is 1. The Morgan fingerprint density at radius 3 is 2.46 bits per heavy atom. The summed E-state index contributed by atoms with van der Waals surface area (Å²) >= 11 is 0. The van der Waals surface area contributed by atoms with Crippen molar-refractivity contribution in [3.05, 3.63) is 47.8 Å². The van der Waals surface area contributed by atoms with E-state index in [-0.39, 0.29) is 47.2 Å². The van der Waals surface area contributed by atoms with Gasteiger partial charge in [-0.25, -0.2) is 4.39 Å². The first-order chi connectivity index (χ1) is 16.6. The van der Waals surface area contributed by atoms with E-state index in [0.717, 1.165) is 23.1 Å². The molecule has 1 heterocycles. The SMILES string of the molecule is COc1cc(-c2cc(C(F)(F)F)cc(N(C)CC=O)c2N(C)C=O)cc(F)c1OCc1nnc[nH]1. The number of aldehydes is 1. The summed E-state index contributed by atoms with van der Waals surface area (Å²) in [7, 11) is 3.98. The summed E-state index contributed by atoms with van der Waals surface area (Å²) in [6.45, 7) is -0.414. The fourth-order valence-corrected chi connectivity index (χ4v) is 3.38. The molecule has 0 saturated carbocycles. The summed E-state index contributed by atoms with van der Waals surface area (Å²) in [6.07, 6.45) is -2.54. The zero-order valence-corrected chi connectivity index (χ0v) is 18.9. The van der Waals surface area contributed by atoms with Crippen LogP contribution in [0, 0.1) is 5.82 Å². The average Bonchev–Trinajstić information content (AvgIpc) is 3.34. The van der Waals surface area contributed by atoms with Gasteiger partial charge in [-0.3, -0.25) is 4.79 Å². The molecule has 0 aliphatic heterocycles. The molecule has 0 bridgehead atoms. The van der Waals surface area contributed by atoms with Crippen molar-refractivity contribution in [2.45, 2.75) is 12.8 Å². The molecule has 2 aromatic carbocycles. The van der Waals surface area contributed by atoms with Gasteiger partial charge >= 0.3 is 6.18 Å². The number of carbonyl (C=O) groups excluding carboxylic acids is 2. The molecule has 9 nitrogen and oxygen atoms in total. The van der Waals surface area contributed by atoms with E-state index < -0.39 is 17.6 Å². The quantitative estimate of drug-likeness (QED) is 0.340. The zero-order chi connectivity index (χ0) is 25.8. The van der Waals surface area contributed by atoms with E-state index >= 15 is 4.39 Å². The lowest BCUT2D eigenvalue weighted by molar-refractivity contribution is -0.137. The first kappa shape index (κ1) is 25.5. The molecule has 1 aromatic heterocycles. The number of likely N-dealkylation sites (N-methyl/N-ethyl adjacent to an activating group) is 1. The summed E-state index contributed by atoms with van der Waals surface area (Å²) in [6, 6.07) is 3.89. The number of hydrogen-bond acceptors (Lipinski definition) is 7. The van der Waals surface area contributed by atoms with Crippen LogP contribution < -0.4 is 19.3 Å². The summed E-state index contributed by atoms with van der Waals surface area (Å²) in [5, 5.41) is 7.32. The molecule has 186 valence electrons. The van der Waals surface area contributed by atoms with Crippen LogP contribution in [0.5, 0.6) is 11.5 Å². The van der Waals surface area contributed by atoms with E-state index in [1.165, 1.54) is 38.5 Å². The van der Waals surface area contributed by atoms with Gasteiger partial charge in [0.1, 0.15) is 19.2 Å². The first-order valence-electron chi connectivity index (χ1n) is 10.0. The van der Waals surface area contributed by atoms with Gasteiger partial charge in [-0.1, -0.05) is 0 Å². The molecule has 0 unspecified atom stereocenters. The van der Waals surface area contributed by atoms with Gasteiger partial charge in [-0.15, -0.1) is 10.2 Å². The third-order valence-corrected chi connectivity index (χ3v) is 5.05. The number of methoxy groups -OCH3 is 1. The van der Waals surface area contributed by atoms with E-state index in [9.17, 15) is 22.8 Å². The van der Waals surface area contributed by atoms with Crippen molar-refractivity contribution < 1.29 is 36.6 Å². The van der Waals surface area contributed by atoms with Crippen LogP contribution in [-0.2, 0) is 22.4 Å². The van der Waals surface area contributed by atoms with Gasteiger partial charge < -0.3 is 29.1 Å². The number of benzene rings is 2. The molecule has 3 aromatic rings. The van der Waals surface area contributed by atoms with Crippen LogP contribution in [0.2, 0.25) is 0 Å². The number of H-pyrrole nitrogens is 1. The molecule has 0 fully saturated rings. The van der Waals surface area contributed by atoms with E-state index in [4.69, 9.17) is 9.47 Å². The molecule has 13 heteroatoms. The molecular formula is C22H21F4N5O4. The number of aromatic amines is 1. The number of rotatable bonds is 10. The number of aromatic nitrogens is 3. The van der Waals surface area contributed by atoms with Gasteiger partial charge in [0, 0.05) is 19.7 Å². The Labute approximate surface area is 197 Å². The van der Waals surface area contributed by atoms with Gasteiger partial charge in [0.05, 0.1) is 30.6 Å². The number of halogens is 4. The topological polar surface area (TPSA) is 101 Å². The molecule has 0 aliphatic rings. The van der Waals surface area contributed by atoms with E-state index in [2.05, 4.69) is 15.2 Å². The normalized spacial score (nSPS) is 11.2. The van der Waals surface area contributed by atoms with E-state index in [1.54, 1.807) is 0 Å². The highest BCUT2D eigenvalue weighted by molar-refractivity contribution is 5.96. The average molecular weight is 495 g/mol. The van der Waals surface area contributed by atoms with Crippen LogP contribution in [0.25, 0.3) is 11.1 Å². The number of ether oxygens (including phenoxy) is 2. The molecule has 0 atom stereocenters. The lowest BCUT2D eigenvalue weighted by Crippen LogP contribution is -2.25. The van der Waals surface area contributed by atoms with Gasteiger partial charge in [-0.2, -0.15) is 13.2 Å². The Kier molecular flexibility index (Phi) is 7.57. The summed E-state index contributed by atoms with van der Waals surface area (Å²) < 4.78 is 67.0. The lowest BCUT2D eigenvalue weighted by Gasteiger charge is -2.28. The van der Waals surface area contributed by atoms with Crippen molar-refractivity contribution >= 4 is 24.1 Å². The number of alkyl halides is 3. The third kappa shape index (κ3) is 5.50. The van der Waals surface area contributed by atoms with Crippen LogP contribution >= 0.6 is 0 Å². The largest absolute Gasteiger partial charge is 0.493 e. The first-order valence-corrected chi connectivity index (χ1v) is 10.0. The second-order valence-electron chi connectivity index (χ2n) is 7.37. The minimum atomic E-state index is -4.76. The molecule has 0 radical (unpaired) electrons. The van der Waals surface area contributed by atoms with Crippen molar-refractivity contribution in [1.29, 1.82) is 0 Å². The predicted octanol–water partition coefficient (Wildman–Crippen LogP) is 3.44. The van der Waals surface area contributed by atoms with Gasteiger partial charge in [0.15, 0.2) is 23.1 Å². The van der Waals surface area contributed by atoms with Crippen molar-refractivity contribution in [3.8, 4) is 22.6 Å². The van der Waals surface area contributed by atoms with Crippen LogP contribution in [-0.4, -0.2) is 55.6 Å². The van der Waals surface area contributed by atoms with Crippen LogP contribution in [0.3, 0.4) is 0 Å². The zero-order valence-electron chi connectivity index (χ0n) is 18.9. The van der Waals surface area contributed by atoms with Crippen LogP contribution in [0.15, 0.2) is 30.6 Å². The molecule has 35 heavy (non-hydrogen) atoms. The number of carbonyl (C=O) groups is 2. The fourth-order valence-electron chi connectivity index (χ4n) is 3.38. The number of nitrogens with zero attached hydrogens (tertiary/aromatic N) is 4. The Bertz CT molecular complexity index is 1200. The molecule has 1 amide bonds. The second kappa shape index (κ2) is 10.4. The predicted molar refractivity (Wildman–Crippen MR) is 118 cm³/mol. The summed E-state index contributed by atoms with van der Waals surface area (Å²) in [5.41, 5.74) is -1.19. The van der Waals surface area contributed by atoms with E-state index in [0.29, 0.717) is 18.5 Å². The van der Waals surface area contributed by atoms with Gasteiger partial charge in [-0.05, 0) is 29.8 Å². The summed E-state index contributed by atoms with van der Waals surface area (Å²) in [4.78, 5) is 27.7. The maximum Gasteiger partial charge on any atom is 0.416 e. The summed E-state index contributed by atoms with van der Waals surface area (Å²) in [5.74, 6) is -0.993. The molecule has 0 spiro atoms. The fraction of sp³-hybridized carbons (Fsp3) is 0.273. The standard InChI is InChI=1S/C22H21F4N5O4/c1-30(4-5-32)17-9-14(22(24,25)26)8-15(20(17)31(2)12-33)13-6-16(23)21(18(7-13)34-3)35-10-19-27-11-28-29-19/h5-9,11-12H,4,10H2,1-3H3,(H,27,28,29). The lowest BCUT2D eigenvalue weighted by atomic mass is 9.97. The maximum atomic E-state index is 15.1. The monoisotopic (exact) mass is 495 g/mol. The Hall–Kier alpha value is -4.16. The molecule has 0 aliphatic carbocycles. The molecular weight excluding hydrogens is 474 g/mol. The minimum Gasteiger partial charge on any atom is -0.493 e. The van der Waals surface area contributed by atoms with E-state index in [1.807, 2.05) is 0 Å². The third-order valence-electron chi connectivity index (χ3n) is 5.05. The number of nitrogens with one attached hydrogen (secondary N) is 1. The molecule has 1 N–H and O–H groups in total. The van der Waals surface area contributed by atoms with Crippen molar-refractivity contribution in [1.82, 2.24) is 15.2 Å². The Morgan fingerprint density at radius 1 is 1.14 bits per heavy atom. The molecule has 3 rings (SSSR count). The second-order valence-corrected chi connectivity index (χ2v) is 7.37. The Morgan fingerprint density at radius 2 is 1.89 bits per heavy atom. The highest BCUT2D eigenvalue weighted by Crippen LogP contribution is 2.45. The van der Waals surface area contributed by atoms with Crippen molar-refractivity contribution in [2.24, 2.45) is 0 Å². The minimum absolute atomic E-state index is 0.0121. The van der Waals surface area contributed by atoms with Crippen molar-refractivity contribution in [3.63, 3.8) is 0 Å². The van der Waals surface area contributed by atoms with Crippen LogP contribution in [0.4, 0.5) is 28.9 Å². The maximum absolute atomic E-state index is 15.1. The van der Waals surface area contributed by atoms with Gasteiger partial charge in [0.2, 0.25) is 6.41 Å². The van der Waals surface area contributed by atoms with Crippen molar-refractivity contribution in [2.75, 3.05) is 37.5 Å². The molecule has 0 saturated heterocycles. The van der Waals surface area contributed by atoms with Gasteiger partial charge in [0.25, 0.3) is 0 Å².